The zero-order valence-corrected chi connectivity index (χ0v) is 19.8. The van der Waals surface area contributed by atoms with Crippen molar-refractivity contribution < 1.29 is 14.5 Å². The van der Waals surface area contributed by atoms with Gasteiger partial charge in [-0.2, -0.15) is 10.4 Å². The number of carbonyl (C=O) groups is 1. The van der Waals surface area contributed by atoms with Crippen LogP contribution in [-0.4, -0.2) is 24.0 Å². The number of nitriles is 1. The van der Waals surface area contributed by atoms with E-state index < -0.39 is 4.92 Å². The highest BCUT2D eigenvalue weighted by molar-refractivity contribution is 5.70. The van der Waals surface area contributed by atoms with Gasteiger partial charge in [0.15, 0.2) is 0 Å². The fourth-order valence-corrected chi connectivity index (χ4v) is 3.26. The number of non-ortho nitro benzene ring substituents is 1. The van der Waals surface area contributed by atoms with Gasteiger partial charge in [0.25, 0.3) is 5.69 Å². The Labute approximate surface area is 209 Å². The summed E-state index contributed by atoms with van der Waals surface area (Å²) in [6, 6.07) is 22.9. The quantitative estimate of drug-likeness (QED) is 0.102. The Kier molecular flexibility index (Phi) is 9.00. The van der Waals surface area contributed by atoms with Crippen LogP contribution in [0.4, 0.5) is 22.7 Å². The number of anilines is 1. The molecule has 0 radical (unpaired) electrons. The minimum atomic E-state index is -0.568. The molecule has 0 saturated carbocycles. The molecule has 0 aliphatic rings. The van der Waals surface area contributed by atoms with E-state index in [2.05, 4.69) is 21.7 Å². The number of hydrogen-bond acceptors (Lipinski definition) is 8. The van der Waals surface area contributed by atoms with Gasteiger partial charge in [0.1, 0.15) is 18.4 Å². The molecule has 0 heterocycles. The fourth-order valence-electron chi connectivity index (χ4n) is 3.26. The minimum absolute atomic E-state index is 0.0668. The van der Waals surface area contributed by atoms with Crippen molar-refractivity contribution in [2.45, 2.75) is 19.9 Å². The summed E-state index contributed by atoms with van der Waals surface area (Å²) in [6.45, 7) is 6.81. The second-order valence-electron chi connectivity index (χ2n) is 8.06. The lowest BCUT2D eigenvalue weighted by Crippen LogP contribution is -2.26. The molecule has 0 unspecified atom stereocenters. The topological polar surface area (TPSA) is 121 Å². The van der Waals surface area contributed by atoms with E-state index in [1.54, 1.807) is 19.1 Å². The van der Waals surface area contributed by atoms with Crippen LogP contribution in [-0.2, 0) is 16.1 Å². The molecule has 0 aliphatic carbocycles. The highest BCUT2D eigenvalue weighted by atomic mass is 16.6. The molecule has 0 N–H and O–H groups in total. The third-order valence-electron chi connectivity index (χ3n) is 5.08. The van der Waals surface area contributed by atoms with Crippen molar-refractivity contribution >= 4 is 28.7 Å². The monoisotopic (exact) mass is 483 g/mol. The van der Waals surface area contributed by atoms with Crippen LogP contribution in [0.1, 0.15) is 24.5 Å². The van der Waals surface area contributed by atoms with Crippen LogP contribution in [0.3, 0.4) is 0 Å². The molecule has 0 atom stereocenters. The van der Waals surface area contributed by atoms with Gasteiger partial charge in [0, 0.05) is 30.9 Å². The average Bonchev–Trinajstić information content (AvgIpc) is 2.89. The number of azo groups is 1. The van der Waals surface area contributed by atoms with Gasteiger partial charge in [-0.3, -0.25) is 14.9 Å². The zero-order chi connectivity index (χ0) is 25.9. The van der Waals surface area contributed by atoms with E-state index >= 15 is 0 Å². The summed E-state index contributed by atoms with van der Waals surface area (Å²) in [5, 5.41) is 28.4. The Morgan fingerprint density at radius 3 is 2.47 bits per heavy atom. The first kappa shape index (κ1) is 25.8. The van der Waals surface area contributed by atoms with Gasteiger partial charge in [-0.25, -0.2) is 0 Å². The Bertz CT molecular complexity index is 1300. The summed E-state index contributed by atoms with van der Waals surface area (Å²) in [5.41, 5.74) is 3.43. The summed E-state index contributed by atoms with van der Waals surface area (Å²) in [4.78, 5) is 24.6. The molecule has 0 fully saturated rings. The van der Waals surface area contributed by atoms with Gasteiger partial charge in [0.05, 0.1) is 22.6 Å². The predicted octanol–water partition coefficient (Wildman–Crippen LogP) is 6.40. The molecule has 0 bridgehead atoms. The zero-order valence-electron chi connectivity index (χ0n) is 19.8. The Morgan fingerprint density at radius 2 is 1.83 bits per heavy atom. The van der Waals surface area contributed by atoms with Crippen molar-refractivity contribution in [3.8, 4) is 6.07 Å². The molecule has 3 aromatic rings. The average molecular weight is 484 g/mol. The van der Waals surface area contributed by atoms with E-state index in [0.29, 0.717) is 18.8 Å². The number of rotatable bonds is 11. The standard InChI is InChI=1S/C27H25N5O4/c1-20(2)19-36-27(33)14-15-31(18-21-6-4-3-5-7-21)24-10-8-23(9-11-24)29-30-26-13-12-25(32(34)35)16-22(26)17-28/h3-13,16H,1,14-15,18-19H2,2H3. The minimum Gasteiger partial charge on any atom is -0.461 e. The van der Waals surface area contributed by atoms with Crippen LogP contribution < -0.4 is 4.90 Å². The van der Waals surface area contributed by atoms with E-state index in [9.17, 15) is 20.2 Å². The van der Waals surface area contributed by atoms with Crippen molar-refractivity contribution in [3.63, 3.8) is 0 Å². The highest BCUT2D eigenvalue weighted by Gasteiger charge is 2.13. The first-order valence-corrected chi connectivity index (χ1v) is 11.1. The van der Waals surface area contributed by atoms with Crippen molar-refractivity contribution in [2.24, 2.45) is 10.2 Å². The number of esters is 1. The van der Waals surface area contributed by atoms with Gasteiger partial charge >= 0.3 is 5.97 Å². The van der Waals surface area contributed by atoms with Crippen molar-refractivity contribution in [1.29, 1.82) is 5.26 Å². The molecular weight excluding hydrogens is 458 g/mol. The van der Waals surface area contributed by atoms with Gasteiger partial charge in [-0.05, 0) is 48.4 Å². The third-order valence-corrected chi connectivity index (χ3v) is 5.08. The molecule has 3 rings (SSSR count). The van der Waals surface area contributed by atoms with Gasteiger partial charge in [-0.15, -0.1) is 5.11 Å². The first-order chi connectivity index (χ1) is 17.4. The van der Waals surface area contributed by atoms with Crippen molar-refractivity contribution in [1.82, 2.24) is 0 Å². The first-order valence-electron chi connectivity index (χ1n) is 11.1. The molecule has 0 aliphatic heterocycles. The van der Waals surface area contributed by atoms with E-state index in [0.717, 1.165) is 16.8 Å². The summed E-state index contributed by atoms with van der Waals surface area (Å²) >= 11 is 0. The molecule has 0 aromatic heterocycles. The normalized spacial score (nSPS) is 10.6. The second-order valence-corrected chi connectivity index (χ2v) is 8.06. The van der Waals surface area contributed by atoms with Crippen LogP contribution in [0.25, 0.3) is 0 Å². The fraction of sp³-hybridized carbons (Fsp3) is 0.185. The maximum atomic E-state index is 12.1. The molecule has 0 saturated heterocycles. The van der Waals surface area contributed by atoms with Crippen molar-refractivity contribution in [3.05, 3.63) is 106 Å². The molecule has 9 heteroatoms. The van der Waals surface area contributed by atoms with Crippen LogP contribution in [0, 0.1) is 21.4 Å². The molecule has 0 spiro atoms. The number of nitro groups is 1. The molecule has 9 nitrogen and oxygen atoms in total. The predicted molar refractivity (Wildman–Crippen MR) is 136 cm³/mol. The Morgan fingerprint density at radius 1 is 1.11 bits per heavy atom. The SMILES string of the molecule is C=C(C)COC(=O)CCN(Cc1ccccc1)c1ccc(N=Nc2ccc([N+](=O)[O-])cc2C#N)cc1. The molecule has 182 valence electrons. The highest BCUT2D eigenvalue weighted by Crippen LogP contribution is 2.27. The van der Waals surface area contributed by atoms with E-state index in [1.807, 2.05) is 48.5 Å². The maximum Gasteiger partial charge on any atom is 0.307 e. The molecule has 0 amide bonds. The number of nitro benzene ring substituents is 1. The van der Waals surface area contributed by atoms with Gasteiger partial charge < -0.3 is 9.64 Å². The second kappa shape index (κ2) is 12.6. The third kappa shape index (κ3) is 7.60. The number of nitrogens with zero attached hydrogens (tertiary/aromatic N) is 5. The van der Waals surface area contributed by atoms with Gasteiger partial charge in [0.2, 0.25) is 0 Å². The van der Waals surface area contributed by atoms with E-state index in [1.165, 1.54) is 18.2 Å². The lowest BCUT2D eigenvalue weighted by Gasteiger charge is -2.25. The number of hydrogen-bond donors (Lipinski definition) is 0. The Balaban J connectivity index is 1.75. The van der Waals surface area contributed by atoms with Crippen LogP contribution in [0.15, 0.2) is 95.2 Å². The lowest BCUT2D eigenvalue weighted by atomic mass is 10.2. The summed E-state index contributed by atoms with van der Waals surface area (Å²) < 4.78 is 5.22. The number of ether oxygens (including phenoxy) is 1. The summed E-state index contributed by atoms with van der Waals surface area (Å²) in [7, 11) is 0. The summed E-state index contributed by atoms with van der Waals surface area (Å²) in [6.07, 6.45) is 0.221. The van der Waals surface area contributed by atoms with Crippen molar-refractivity contribution in [2.75, 3.05) is 18.1 Å². The lowest BCUT2D eigenvalue weighted by molar-refractivity contribution is -0.384. The smallest absolute Gasteiger partial charge is 0.307 e. The summed E-state index contributed by atoms with van der Waals surface area (Å²) in [5.74, 6) is -0.294. The number of benzene rings is 3. The largest absolute Gasteiger partial charge is 0.461 e. The molecule has 36 heavy (non-hydrogen) atoms. The van der Waals surface area contributed by atoms with Gasteiger partial charge in [-0.1, -0.05) is 36.9 Å². The van der Waals surface area contributed by atoms with Crippen LogP contribution in [0.2, 0.25) is 0 Å². The van der Waals surface area contributed by atoms with E-state index in [4.69, 9.17) is 4.74 Å². The molecular formula is C27H25N5O4. The van der Waals surface area contributed by atoms with E-state index in [-0.39, 0.29) is 35.9 Å². The van der Waals surface area contributed by atoms with Crippen LogP contribution in [0.5, 0.6) is 0 Å². The maximum absolute atomic E-state index is 12.1. The number of carbonyl (C=O) groups excluding carboxylic acids is 1. The Hall–Kier alpha value is -4.84. The molecule has 3 aromatic carbocycles. The van der Waals surface area contributed by atoms with Crippen LogP contribution >= 0.6 is 0 Å².